The summed E-state index contributed by atoms with van der Waals surface area (Å²) in [4.78, 5) is 0. The lowest BCUT2D eigenvalue weighted by Crippen LogP contribution is -1.92. The summed E-state index contributed by atoms with van der Waals surface area (Å²) in [5, 5.41) is 7.25. The van der Waals surface area contributed by atoms with E-state index in [9.17, 15) is 0 Å². The van der Waals surface area contributed by atoms with Crippen LogP contribution in [0, 0.1) is 0 Å². The minimum atomic E-state index is 0.606. The van der Waals surface area contributed by atoms with Crippen LogP contribution in [0.4, 0.5) is 5.82 Å². The summed E-state index contributed by atoms with van der Waals surface area (Å²) in [5.41, 5.74) is 9.38. The Balaban J connectivity index is 2.02. The maximum absolute atomic E-state index is 5.98. The van der Waals surface area contributed by atoms with E-state index in [1.807, 2.05) is 18.2 Å². The fourth-order valence-electron chi connectivity index (χ4n) is 2.41. The molecule has 0 unspecified atom stereocenters. The Morgan fingerprint density at radius 3 is 2.53 bits per heavy atom. The molecule has 0 fully saturated rings. The number of nitrogens with one attached hydrogen (secondary N) is 1. The van der Waals surface area contributed by atoms with Crippen molar-refractivity contribution in [1.82, 2.24) is 10.2 Å². The highest BCUT2D eigenvalue weighted by Gasteiger charge is 2.12. The standard InChI is InChI=1S/C16H23N3/c1-2-3-4-5-9-12-14-15(16(17)19-18-14)13-10-7-6-8-11-13/h6-8,10-11H,2-5,9,12H2,1H3,(H3,17,18,19). The van der Waals surface area contributed by atoms with Gasteiger partial charge in [-0.3, -0.25) is 5.10 Å². The number of anilines is 1. The highest BCUT2D eigenvalue weighted by molar-refractivity contribution is 5.76. The van der Waals surface area contributed by atoms with Gasteiger partial charge in [-0.1, -0.05) is 62.9 Å². The predicted molar refractivity (Wildman–Crippen MR) is 80.9 cm³/mol. The van der Waals surface area contributed by atoms with E-state index in [2.05, 4.69) is 29.3 Å². The van der Waals surface area contributed by atoms with Gasteiger partial charge in [0.05, 0.1) is 0 Å². The average Bonchev–Trinajstić information content (AvgIpc) is 2.81. The Morgan fingerprint density at radius 1 is 1.05 bits per heavy atom. The van der Waals surface area contributed by atoms with Crippen molar-refractivity contribution in [2.24, 2.45) is 0 Å². The summed E-state index contributed by atoms with van der Waals surface area (Å²) in [6, 6.07) is 10.3. The zero-order chi connectivity index (χ0) is 13.5. The first kappa shape index (κ1) is 13.7. The lowest BCUT2D eigenvalue weighted by atomic mass is 10.0. The van der Waals surface area contributed by atoms with Gasteiger partial charge in [-0.15, -0.1) is 0 Å². The van der Waals surface area contributed by atoms with E-state index < -0.39 is 0 Å². The molecule has 3 nitrogen and oxygen atoms in total. The van der Waals surface area contributed by atoms with Crippen LogP contribution in [-0.4, -0.2) is 10.2 Å². The molecule has 1 heterocycles. The Morgan fingerprint density at radius 2 is 1.79 bits per heavy atom. The summed E-state index contributed by atoms with van der Waals surface area (Å²) < 4.78 is 0. The van der Waals surface area contributed by atoms with Crippen LogP contribution in [0.1, 0.15) is 44.7 Å². The Bertz CT molecular complexity index is 488. The zero-order valence-corrected chi connectivity index (χ0v) is 11.7. The molecular formula is C16H23N3. The third kappa shape index (κ3) is 3.60. The highest BCUT2D eigenvalue weighted by Crippen LogP contribution is 2.28. The molecule has 3 N–H and O–H groups in total. The van der Waals surface area contributed by atoms with Gasteiger partial charge in [-0.05, 0) is 18.4 Å². The molecule has 1 aromatic heterocycles. The third-order valence-electron chi connectivity index (χ3n) is 3.46. The van der Waals surface area contributed by atoms with Gasteiger partial charge in [0.2, 0.25) is 0 Å². The quantitative estimate of drug-likeness (QED) is 0.731. The van der Waals surface area contributed by atoms with Crippen molar-refractivity contribution in [2.45, 2.75) is 45.4 Å². The number of aryl methyl sites for hydroxylation is 1. The van der Waals surface area contributed by atoms with Crippen LogP contribution in [0.15, 0.2) is 30.3 Å². The fourth-order valence-corrected chi connectivity index (χ4v) is 2.41. The number of rotatable bonds is 7. The van der Waals surface area contributed by atoms with Crippen molar-refractivity contribution in [2.75, 3.05) is 5.73 Å². The summed E-state index contributed by atoms with van der Waals surface area (Å²) in [6.07, 6.45) is 7.43. The fraction of sp³-hybridized carbons (Fsp3) is 0.438. The maximum atomic E-state index is 5.98. The first-order valence-corrected chi connectivity index (χ1v) is 7.21. The molecule has 1 aromatic carbocycles. The van der Waals surface area contributed by atoms with Crippen molar-refractivity contribution in [3.8, 4) is 11.1 Å². The molecule has 0 amide bonds. The van der Waals surface area contributed by atoms with E-state index in [4.69, 9.17) is 5.73 Å². The largest absolute Gasteiger partial charge is 0.382 e. The van der Waals surface area contributed by atoms with Gasteiger partial charge in [0.25, 0.3) is 0 Å². The molecule has 0 saturated heterocycles. The SMILES string of the molecule is CCCCCCCc1[nH]nc(N)c1-c1ccccc1. The first-order valence-electron chi connectivity index (χ1n) is 7.21. The molecule has 0 bridgehead atoms. The third-order valence-corrected chi connectivity index (χ3v) is 3.46. The normalized spacial score (nSPS) is 10.8. The Labute approximate surface area is 115 Å². The molecule has 2 rings (SSSR count). The molecule has 2 aromatic rings. The molecular weight excluding hydrogens is 234 g/mol. The zero-order valence-electron chi connectivity index (χ0n) is 11.7. The summed E-state index contributed by atoms with van der Waals surface area (Å²) in [7, 11) is 0. The van der Waals surface area contributed by atoms with Crippen LogP contribution >= 0.6 is 0 Å². The van der Waals surface area contributed by atoms with Crippen LogP contribution in [0.2, 0.25) is 0 Å². The predicted octanol–water partition coefficient (Wildman–Crippen LogP) is 4.17. The molecule has 0 aliphatic rings. The van der Waals surface area contributed by atoms with E-state index in [0.717, 1.165) is 17.5 Å². The van der Waals surface area contributed by atoms with Crippen molar-refractivity contribution in [3.05, 3.63) is 36.0 Å². The van der Waals surface area contributed by atoms with Gasteiger partial charge in [0.1, 0.15) is 0 Å². The second-order valence-corrected chi connectivity index (χ2v) is 4.99. The topological polar surface area (TPSA) is 54.7 Å². The molecule has 0 saturated carbocycles. The van der Waals surface area contributed by atoms with Crippen LogP contribution in [0.3, 0.4) is 0 Å². The molecule has 102 valence electrons. The number of nitrogen functional groups attached to an aromatic ring is 1. The second kappa shape index (κ2) is 6.98. The first-order chi connectivity index (χ1) is 9.33. The van der Waals surface area contributed by atoms with Crippen molar-refractivity contribution in [3.63, 3.8) is 0 Å². The van der Waals surface area contributed by atoms with E-state index in [1.165, 1.54) is 37.8 Å². The minimum absolute atomic E-state index is 0.606. The lowest BCUT2D eigenvalue weighted by Gasteiger charge is -2.04. The molecule has 0 aliphatic carbocycles. The summed E-state index contributed by atoms with van der Waals surface area (Å²) in [5.74, 6) is 0.606. The van der Waals surface area contributed by atoms with Gasteiger partial charge in [-0.25, -0.2) is 0 Å². The van der Waals surface area contributed by atoms with Gasteiger partial charge in [-0.2, -0.15) is 5.10 Å². The smallest absolute Gasteiger partial charge is 0.153 e. The Hall–Kier alpha value is -1.77. The van der Waals surface area contributed by atoms with E-state index in [0.29, 0.717) is 5.82 Å². The molecule has 19 heavy (non-hydrogen) atoms. The van der Waals surface area contributed by atoms with Crippen LogP contribution in [0.25, 0.3) is 11.1 Å². The highest BCUT2D eigenvalue weighted by atomic mass is 15.2. The van der Waals surface area contributed by atoms with Gasteiger partial charge >= 0.3 is 0 Å². The van der Waals surface area contributed by atoms with Crippen LogP contribution < -0.4 is 5.73 Å². The molecule has 0 atom stereocenters. The number of nitrogens with two attached hydrogens (primary N) is 1. The number of aromatic amines is 1. The second-order valence-electron chi connectivity index (χ2n) is 4.99. The van der Waals surface area contributed by atoms with E-state index >= 15 is 0 Å². The molecule has 0 radical (unpaired) electrons. The molecule has 3 heteroatoms. The minimum Gasteiger partial charge on any atom is -0.382 e. The van der Waals surface area contributed by atoms with E-state index in [1.54, 1.807) is 0 Å². The molecule has 0 spiro atoms. The Kier molecular flexibility index (Phi) is 5.01. The number of hydrogen-bond acceptors (Lipinski definition) is 2. The van der Waals surface area contributed by atoms with Crippen LogP contribution in [-0.2, 0) is 6.42 Å². The monoisotopic (exact) mass is 257 g/mol. The van der Waals surface area contributed by atoms with Gasteiger partial charge in [0, 0.05) is 11.3 Å². The van der Waals surface area contributed by atoms with Crippen molar-refractivity contribution in [1.29, 1.82) is 0 Å². The van der Waals surface area contributed by atoms with Crippen LogP contribution in [0.5, 0.6) is 0 Å². The number of benzene rings is 1. The molecule has 0 aliphatic heterocycles. The van der Waals surface area contributed by atoms with E-state index in [-0.39, 0.29) is 0 Å². The van der Waals surface area contributed by atoms with Crippen molar-refractivity contribution < 1.29 is 0 Å². The number of hydrogen-bond donors (Lipinski definition) is 2. The number of unbranched alkanes of at least 4 members (excludes halogenated alkanes) is 4. The van der Waals surface area contributed by atoms with Gasteiger partial charge < -0.3 is 5.73 Å². The number of nitrogens with zero attached hydrogens (tertiary/aromatic N) is 1. The maximum Gasteiger partial charge on any atom is 0.153 e. The number of aromatic nitrogens is 2. The lowest BCUT2D eigenvalue weighted by molar-refractivity contribution is 0.628. The van der Waals surface area contributed by atoms with Crippen molar-refractivity contribution >= 4 is 5.82 Å². The average molecular weight is 257 g/mol. The summed E-state index contributed by atoms with van der Waals surface area (Å²) in [6.45, 7) is 2.24. The summed E-state index contributed by atoms with van der Waals surface area (Å²) >= 11 is 0. The number of H-pyrrole nitrogens is 1. The van der Waals surface area contributed by atoms with Gasteiger partial charge in [0.15, 0.2) is 5.82 Å².